The molecule has 0 aliphatic rings. The van der Waals surface area contributed by atoms with Crippen molar-refractivity contribution in [3.63, 3.8) is 0 Å². The van der Waals surface area contributed by atoms with Gasteiger partial charge >= 0.3 is 0 Å². The van der Waals surface area contributed by atoms with Crippen LogP contribution in [0.4, 0.5) is 22.7 Å². The molecule has 0 bridgehead atoms. The van der Waals surface area contributed by atoms with E-state index in [1.807, 2.05) is 0 Å². The highest BCUT2D eigenvalue weighted by molar-refractivity contribution is 5.69. The van der Waals surface area contributed by atoms with Crippen LogP contribution in [0.3, 0.4) is 0 Å². The lowest BCUT2D eigenvalue weighted by Crippen LogP contribution is -2.25. The Morgan fingerprint density at radius 3 is 1.18 bits per heavy atom. The Morgan fingerprint density at radius 1 is 0.487 bits per heavy atom. The van der Waals surface area contributed by atoms with Crippen LogP contribution in [-0.2, 0) is 23.7 Å². The average Bonchev–Trinajstić information content (AvgIpc) is 2.89. The molecular formula is C35H60N4. The van der Waals surface area contributed by atoms with E-state index in [2.05, 4.69) is 142 Å². The van der Waals surface area contributed by atoms with Gasteiger partial charge in [0.05, 0.1) is 0 Å². The van der Waals surface area contributed by atoms with Crippen molar-refractivity contribution in [2.45, 2.75) is 97.3 Å². The smallest absolute Gasteiger partial charge is 0.0403 e. The molecule has 0 N–H and O–H groups in total. The Hall–Kier alpha value is -2.36. The lowest BCUT2D eigenvalue weighted by Gasteiger charge is -2.34. The Morgan fingerprint density at radius 2 is 0.846 bits per heavy atom. The number of aryl methyl sites for hydroxylation is 2. The van der Waals surface area contributed by atoms with Gasteiger partial charge in [-0.05, 0) is 102 Å². The third-order valence-electron chi connectivity index (χ3n) is 9.29. The molecule has 220 valence electrons. The zero-order valence-electron chi connectivity index (χ0n) is 28.0. The fraction of sp³-hybridized carbons (Fsp3) is 0.657. The second-order valence-corrected chi connectivity index (χ2v) is 13.3. The number of hydrogen-bond acceptors (Lipinski definition) is 4. The second-order valence-electron chi connectivity index (χ2n) is 13.3. The molecule has 0 atom stereocenters. The maximum atomic E-state index is 2.49. The van der Waals surface area contributed by atoms with E-state index < -0.39 is 0 Å². The average molecular weight is 537 g/mol. The summed E-state index contributed by atoms with van der Waals surface area (Å²) in [5.41, 5.74) is 11.7. The predicted octanol–water partition coefficient (Wildman–Crippen LogP) is 8.28. The molecule has 0 amide bonds. The number of rotatable bonds is 14. The monoisotopic (exact) mass is 536 g/mol. The number of hydrogen-bond donors (Lipinski definition) is 0. The van der Waals surface area contributed by atoms with Crippen LogP contribution >= 0.6 is 0 Å². The summed E-state index contributed by atoms with van der Waals surface area (Å²) in [6.45, 7) is 14.1. The maximum Gasteiger partial charge on any atom is 0.0403 e. The lowest BCUT2D eigenvalue weighted by atomic mass is 9.76. The molecule has 0 radical (unpaired) electrons. The summed E-state index contributed by atoms with van der Waals surface area (Å²) in [5.74, 6) is 0. The third-order valence-corrected chi connectivity index (χ3v) is 9.29. The molecule has 4 heteroatoms. The molecule has 0 aliphatic carbocycles. The number of benzene rings is 2. The molecule has 4 nitrogen and oxygen atoms in total. The minimum Gasteiger partial charge on any atom is -0.377 e. The zero-order chi connectivity index (χ0) is 29.7. The van der Waals surface area contributed by atoms with Gasteiger partial charge < -0.3 is 19.6 Å². The number of unbranched alkanes of at least 4 members (excludes halogenated alkanes) is 1. The van der Waals surface area contributed by atoms with E-state index in [0.29, 0.717) is 0 Å². The summed E-state index contributed by atoms with van der Waals surface area (Å²) >= 11 is 0. The molecule has 0 aliphatic heterocycles. The van der Waals surface area contributed by atoms with Crippen LogP contribution in [0.25, 0.3) is 0 Å². The molecule has 2 aromatic rings. The van der Waals surface area contributed by atoms with Gasteiger partial charge in [-0.3, -0.25) is 0 Å². The van der Waals surface area contributed by atoms with Crippen LogP contribution in [-0.4, -0.2) is 56.4 Å². The van der Waals surface area contributed by atoms with Crippen molar-refractivity contribution in [1.82, 2.24) is 0 Å². The molecule has 0 aromatic heterocycles. The molecule has 0 fully saturated rings. The van der Waals surface area contributed by atoms with Gasteiger partial charge in [-0.2, -0.15) is 0 Å². The first kappa shape index (κ1) is 32.8. The standard InChI is InChI=1S/C35H60N4/c1-15-34(4,5)28-24-30(36(7)8)26(22-32(28)38(11)12)20-18-19-21-27-23-33(39(13)14)29(25-31(27)37(9)10)35(6,16-2)17-3/h22-25H,15-21H2,1-14H3. The molecule has 0 spiro atoms. The van der Waals surface area contributed by atoms with Crippen molar-refractivity contribution in [1.29, 1.82) is 0 Å². The first-order valence-electron chi connectivity index (χ1n) is 15.2. The maximum absolute atomic E-state index is 2.49. The van der Waals surface area contributed by atoms with Crippen LogP contribution < -0.4 is 19.6 Å². The highest BCUT2D eigenvalue weighted by atomic mass is 15.1. The Bertz CT molecular complexity index is 1070. The number of nitrogens with zero attached hydrogens (tertiary/aromatic N) is 4. The Balaban J connectivity index is 2.38. The van der Waals surface area contributed by atoms with Crippen LogP contribution in [0.5, 0.6) is 0 Å². The van der Waals surface area contributed by atoms with Gasteiger partial charge in [-0.15, -0.1) is 0 Å². The van der Waals surface area contributed by atoms with Gasteiger partial charge in [-0.1, -0.05) is 41.5 Å². The Labute approximate surface area is 242 Å². The van der Waals surface area contributed by atoms with Crippen LogP contribution in [0.15, 0.2) is 24.3 Å². The van der Waals surface area contributed by atoms with Crippen molar-refractivity contribution >= 4 is 22.7 Å². The molecule has 39 heavy (non-hydrogen) atoms. The highest BCUT2D eigenvalue weighted by Gasteiger charge is 2.28. The van der Waals surface area contributed by atoms with E-state index in [9.17, 15) is 0 Å². The Kier molecular flexibility index (Phi) is 11.2. The molecule has 0 heterocycles. The fourth-order valence-electron chi connectivity index (χ4n) is 5.69. The first-order chi connectivity index (χ1) is 18.1. The van der Waals surface area contributed by atoms with Crippen LogP contribution in [0.1, 0.15) is 95.9 Å². The molecular weight excluding hydrogens is 476 g/mol. The van der Waals surface area contributed by atoms with E-state index in [-0.39, 0.29) is 10.8 Å². The topological polar surface area (TPSA) is 13.0 Å². The largest absolute Gasteiger partial charge is 0.377 e. The second kappa shape index (κ2) is 13.3. The van der Waals surface area contributed by atoms with Crippen LogP contribution in [0, 0.1) is 0 Å². The minimum atomic E-state index is 0.146. The van der Waals surface area contributed by atoms with Gasteiger partial charge in [0.1, 0.15) is 0 Å². The molecule has 2 rings (SSSR count). The van der Waals surface area contributed by atoms with Crippen molar-refractivity contribution in [2.24, 2.45) is 0 Å². The quantitative estimate of drug-likeness (QED) is 0.225. The third kappa shape index (κ3) is 7.44. The summed E-state index contributed by atoms with van der Waals surface area (Å²) < 4.78 is 0. The molecule has 0 unspecified atom stereocenters. The predicted molar refractivity (Wildman–Crippen MR) is 178 cm³/mol. The summed E-state index contributed by atoms with van der Waals surface area (Å²) in [6, 6.07) is 9.88. The van der Waals surface area contributed by atoms with E-state index >= 15 is 0 Å². The fourth-order valence-corrected chi connectivity index (χ4v) is 5.69. The van der Waals surface area contributed by atoms with Crippen molar-refractivity contribution < 1.29 is 0 Å². The van der Waals surface area contributed by atoms with Gasteiger partial charge in [0, 0.05) is 79.1 Å². The summed E-state index contributed by atoms with van der Waals surface area (Å²) in [7, 11) is 17.5. The van der Waals surface area contributed by atoms with Gasteiger partial charge in [-0.25, -0.2) is 0 Å². The van der Waals surface area contributed by atoms with Gasteiger partial charge in [0.2, 0.25) is 0 Å². The highest BCUT2D eigenvalue weighted by Crippen LogP contribution is 2.42. The normalized spacial score (nSPS) is 12.1. The van der Waals surface area contributed by atoms with Gasteiger partial charge in [0.15, 0.2) is 0 Å². The van der Waals surface area contributed by atoms with Crippen molar-refractivity contribution in [2.75, 3.05) is 76.0 Å². The molecule has 0 saturated carbocycles. The summed E-state index contributed by atoms with van der Waals surface area (Å²) in [4.78, 5) is 9.22. The summed E-state index contributed by atoms with van der Waals surface area (Å²) in [6.07, 6.45) is 7.97. The first-order valence-corrected chi connectivity index (χ1v) is 15.2. The SMILES string of the molecule is CCC(C)(C)c1cc(N(C)C)c(CCCCc2cc(N(C)C)c(C(C)(CC)CC)cc2N(C)C)cc1N(C)C. The lowest BCUT2D eigenvalue weighted by molar-refractivity contribution is 0.439. The van der Waals surface area contributed by atoms with Crippen LogP contribution in [0.2, 0.25) is 0 Å². The van der Waals surface area contributed by atoms with E-state index in [1.165, 1.54) is 57.8 Å². The van der Waals surface area contributed by atoms with E-state index in [1.54, 1.807) is 0 Å². The summed E-state index contributed by atoms with van der Waals surface area (Å²) in [5, 5.41) is 0. The number of anilines is 4. The van der Waals surface area contributed by atoms with Crippen molar-refractivity contribution in [3.8, 4) is 0 Å². The van der Waals surface area contributed by atoms with Crippen molar-refractivity contribution in [3.05, 3.63) is 46.5 Å². The van der Waals surface area contributed by atoms with Gasteiger partial charge in [0.25, 0.3) is 0 Å². The zero-order valence-corrected chi connectivity index (χ0v) is 28.0. The molecule has 0 saturated heterocycles. The van der Waals surface area contributed by atoms with E-state index in [0.717, 1.165) is 32.1 Å². The van der Waals surface area contributed by atoms with E-state index in [4.69, 9.17) is 0 Å². The molecule has 2 aromatic carbocycles. The minimum absolute atomic E-state index is 0.146.